The fourth-order valence-electron chi connectivity index (χ4n) is 2.05. The van der Waals surface area contributed by atoms with E-state index < -0.39 is 0 Å². The first-order valence-electron chi connectivity index (χ1n) is 5.85. The Hall–Kier alpha value is -1.95. The Balaban J connectivity index is 1.68. The van der Waals surface area contributed by atoms with Gasteiger partial charge in [-0.3, -0.25) is 4.79 Å². The fraction of sp³-hybridized carbons (Fsp3) is 0.154. The van der Waals surface area contributed by atoms with Crippen molar-refractivity contribution in [3.63, 3.8) is 0 Å². The molecule has 6 heteroatoms. The van der Waals surface area contributed by atoms with Crippen molar-refractivity contribution >= 4 is 33.3 Å². The van der Waals surface area contributed by atoms with Gasteiger partial charge in [-0.2, -0.15) is 0 Å². The van der Waals surface area contributed by atoms with Crippen molar-refractivity contribution in [2.45, 2.75) is 12.5 Å². The molecule has 3 rings (SSSR count). The molecule has 1 unspecified atom stereocenters. The van der Waals surface area contributed by atoms with Crippen LogP contribution < -0.4 is 10.6 Å². The molecule has 0 spiro atoms. The van der Waals surface area contributed by atoms with E-state index in [0.29, 0.717) is 16.8 Å². The van der Waals surface area contributed by atoms with Gasteiger partial charge in [0.2, 0.25) is 5.91 Å². The molecule has 0 radical (unpaired) electrons. The van der Waals surface area contributed by atoms with Crippen LogP contribution >= 0.6 is 15.9 Å². The molecule has 1 aliphatic rings. The molecule has 0 aliphatic carbocycles. The summed E-state index contributed by atoms with van der Waals surface area (Å²) in [5.74, 6) is 0.346. The molecule has 0 saturated heterocycles. The number of hydrogen-bond donors (Lipinski definition) is 2. The molecule has 5 nitrogen and oxygen atoms in total. The van der Waals surface area contributed by atoms with Crippen molar-refractivity contribution < 1.29 is 4.79 Å². The Bertz CT molecular complexity index is 589. The van der Waals surface area contributed by atoms with Gasteiger partial charge in [-0.1, -0.05) is 18.2 Å². The zero-order valence-electron chi connectivity index (χ0n) is 9.93. The number of carbonyl (C=O) groups is 1. The second-order valence-corrected chi connectivity index (χ2v) is 5.08. The lowest BCUT2D eigenvalue weighted by Crippen LogP contribution is -2.33. The van der Waals surface area contributed by atoms with Crippen molar-refractivity contribution in [2.24, 2.45) is 0 Å². The number of nitrogens with zero attached hydrogens (tertiary/aromatic N) is 2. The third-order valence-electron chi connectivity index (χ3n) is 2.96. The Morgan fingerprint density at radius 2 is 2.16 bits per heavy atom. The number of aromatic nitrogens is 2. The number of rotatable bonds is 2. The number of anilines is 2. The molecular formula is C13H11BrN4O. The Morgan fingerprint density at radius 3 is 2.89 bits per heavy atom. The lowest BCUT2D eigenvalue weighted by molar-refractivity contribution is -0.116. The number of para-hydroxylation sites is 1. The maximum absolute atomic E-state index is 12.1. The Labute approximate surface area is 118 Å². The molecule has 1 aliphatic heterocycles. The van der Waals surface area contributed by atoms with Crippen molar-refractivity contribution in [1.29, 1.82) is 0 Å². The standard InChI is InChI=1S/C13H11BrN4O/c14-11-6-16-12(7-15-11)18-13(19)10-5-8-3-1-2-4-9(8)17-10/h1-4,6-7,10,17H,5H2,(H,16,18,19). The highest BCUT2D eigenvalue weighted by molar-refractivity contribution is 9.10. The van der Waals surface area contributed by atoms with Gasteiger partial charge in [0, 0.05) is 12.1 Å². The molecular weight excluding hydrogens is 308 g/mol. The number of fused-ring (bicyclic) bond motifs is 1. The first kappa shape index (κ1) is 12.1. The van der Waals surface area contributed by atoms with Crippen LogP contribution in [0.3, 0.4) is 0 Å². The molecule has 1 aromatic heterocycles. The average molecular weight is 319 g/mol. The van der Waals surface area contributed by atoms with Gasteiger partial charge in [-0.15, -0.1) is 0 Å². The van der Waals surface area contributed by atoms with E-state index >= 15 is 0 Å². The Morgan fingerprint density at radius 1 is 1.32 bits per heavy atom. The Kier molecular flexibility index (Phi) is 3.16. The maximum Gasteiger partial charge on any atom is 0.248 e. The highest BCUT2D eigenvalue weighted by atomic mass is 79.9. The predicted octanol–water partition coefficient (Wildman–Crippen LogP) is 2.21. The molecule has 2 heterocycles. The smallest absolute Gasteiger partial charge is 0.248 e. The van der Waals surface area contributed by atoms with Gasteiger partial charge in [0.15, 0.2) is 5.82 Å². The fourth-order valence-corrected chi connectivity index (χ4v) is 2.25. The zero-order valence-corrected chi connectivity index (χ0v) is 11.5. The minimum absolute atomic E-state index is 0.104. The summed E-state index contributed by atoms with van der Waals surface area (Å²) >= 11 is 3.20. The highest BCUT2D eigenvalue weighted by Gasteiger charge is 2.26. The molecule has 0 bridgehead atoms. The first-order valence-corrected chi connectivity index (χ1v) is 6.64. The summed E-state index contributed by atoms with van der Waals surface area (Å²) in [5, 5.41) is 5.95. The van der Waals surface area contributed by atoms with E-state index in [4.69, 9.17) is 0 Å². The van der Waals surface area contributed by atoms with Crippen LogP contribution in [-0.2, 0) is 11.2 Å². The second-order valence-electron chi connectivity index (χ2n) is 4.27. The molecule has 0 saturated carbocycles. The summed E-state index contributed by atoms with van der Waals surface area (Å²) in [5.41, 5.74) is 2.18. The largest absolute Gasteiger partial charge is 0.373 e. The highest BCUT2D eigenvalue weighted by Crippen LogP contribution is 2.25. The van der Waals surface area contributed by atoms with Crippen LogP contribution in [-0.4, -0.2) is 21.9 Å². The van der Waals surface area contributed by atoms with Crippen LogP contribution in [0.1, 0.15) is 5.56 Å². The molecule has 1 amide bonds. The topological polar surface area (TPSA) is 66.9 Å². The van der Waals surface area contributed by atoms with E-state index in [-0.39, 0.29) is 11.9 Å². The van der Waals surface area contributed by atoms with Crippen LogP contribution in [0.2, 0.25) is 0 Å². The van der Waals surface area contributed by atoms with Crippen molar-refractivity contribution in [3.8, 4) is 0 Å². The summed E-state index contributed by atoms with van der Waals surface area (Å²) in [6, 6.07) is 7.66. The van der Waals surface area contributed by atoms with E-state index in [0.717, 1.165) is 11.3 Å². The third kappa shape index (κ3) is 2.58. The predicted molar refractivity (Wildman–Crippen MR) is 75.9 cm³/mol. The summed E-state index contributed by atoms with van der Waals surface area (Å²) in [6.45, 7) is 0. The number of amides is 1. The SMILES string of the molecule is O=C(Nc1cnc(Br)cn1)C1Cc2ccccc2N1. The lowest BCUT2D eigenvalue weighted by atomic mass is 10.1. The molecule has 19 heavy (non-hydrogen) atoms. The van der Waals surface area contributed by atoms with Gasteiger partial charge in [-0.05, 0) is 27.6 Å². The molecule has 1 aromatic carbocycles. The van der Waals surface area contributed by atoms with Crippen LogP contribution in [0.4, 0.5) is 11.5 Å². The van der Waals surface area contributed by atoms with E-state index in [1.807, 2.05) is 24.3 Å². The van der Waals surface area contributed by atoms with E-state index in [2.05, 4.69) is 36.5 Å². The van der Waals surface area contributed by atoms with Gasteiger partial charge in [0.05, 0.1) is 12.4 Å². The van der Waals surface area contributed by atoms with E-state index in [1.165, 1.54) is 6.20 Å². The van der Waals surface area contributed by atoms with Gasteiger partial charge in [0.1, 0.15) is 10.6 Å². The van der Waals surface area contributed by atoms with Gasteiger partial charge in [0.25, 0.3) is 0 Å². The molecule has 1 atom stereocenters. The number of nitrogens with one attached hydrogen (secondary N) is 2. The summed E-state index contributed by atoms with van der Waals surface area (Å²) in [6.07, 6.45) is 3.75. The number of carbonyl (C=O) groups excluding carboxylic acids is 1. The molecule has 2 N–H and O–H groups in total. The lowest BCUT2D eigenvalue weighted by Gasteiger charge is -2.11. The normalized spacial score (nSPS) is 16.6. The minimum atomic E-state index is -0.261. The number of benzene rings is 1. The summed E-state index contributed by atoms with van der Waals surface area (Å²) in [7, 11) is 0. The zero-order chi connectivity index (χ0) is 13.2. The molecule has 0 fully saturated rings. The summed E-state index contributed by atoms with van der Waals surface area (Å²) < 4.78 is 0.636. The second kappa shape index (κ2) is 4.97. The minimum Gasteiger partial charge on any atom is -0.373 e. The van der Waals surface area contributed by atoms with Gasteiger partial charge in [-0.25, -0.2) is 9.97 Å². The monoisotopic (exact) mass is 318 g/mol. The van der Waals surface area contributed by atoms with Crippen LogP contribution in [0.5, 0.6) is 0 Å². The number of halogens is 1. The number of hydrogen-bond acceptors (Lipinski definition) is 4. The van der Waals surface area contributed by atoms with Crippen molar-refractivity contribution in [2.75, 3.05) is 10.6 Å². The van der Waals surface area contributed by atoms with Crippen molar-refractivity contribution in [3.05, 3.63) is 46.8 Å². The van der Waals surface area contributed by atoms with Crippen LogP contribution in [0.15, 0.2) is 41.3 Å². The van der Waals surface area contributed by atoms with Crippen molar-refractivity contribution in [1.82, 2.24) is 9.97 Å². The van der Waals surface area contributed by atoms with E-state index in [9.17, 15) is 4.79 Å². The molecule has 96 valence electrons. The molecule has 2 aromatic rings. The first-order chi connectivity index (χ1) is 9.22. The van der Waals surface area contributed by atoms with Crippen LogP contribution in [0.25, 0.3) is 0 Å². The average Bonchev–Trinajstić information content (AvgIpc) is 2.85. The van der Waals surface area contributed by atoms with Gasteiger partial charge < -0.3 is 10.6 Å². The summed E-state index contributed by atoms with van der Waals surface area (Å²) in [4.78, 5) is 20.2. The maximum atomic E-state index is 12.1. The van der Waals surface area contributed by atoms with Crippen LogP contribution in [0, 0.1) is 0 Å². The quantitative estimate of drug-likeness (QED) is 0.891. The third-order valence-corrected chi connectivity index (χ3v) is 3.37. The van der Waals surface area contributed by atoms with E-state index in [1.54, 1.807) is 6.20 Å². The van der Waals surface area contributed by atoms with Gasteiger partial charge >= 0.3 is 0 Å².